The Labute approximate surface area is 121 Å². The van der Waals surface area contributed by atoms with Gasteiger partial charge in [-0.1, -0.05) is 6.42 Å². The highest BCUT2D eigenvalue weighted by atomic mass is 32.2. The Morgan fingerprint density at radius 1 is 1.30 bits per heavy atom. The third-order valence-corrected chi connectivity index (χ3v) is 5.89. The van der Waals surface area contributed by atoms with Crippen LogP contribution in [0.1, 0.15) is 40.0 Å². The zero-order valence-corrected chi connectivity index (χ0v) is 13.2. The number of sulfonamides is 1. The maximum Gasteiger partial charge on any atom is 0.245 e. The molecule has 1 N–H and O–H groups in total. The van der Waals surface area contributed by atoms with Gasteiger partial charge in [-0.05, 0) is 45.7 Å². The van der Waals surface area contributed by atoms with Crippen molar-refractivity contribution in [3.63, 3.8) is 0 Å². The normalized spacial score (nSPS) is 24.6. The van der Waals surface area contributed by atoms with Crippen molar-refractivity contribution in [1.82, 2.24) is 9.29 Å². The molecule has 0 bridgehead atoms. The van der Waals surface area contributed by atoms with Crippen molar-refractivity contribution in [2.24, 2.45) is 0 Å². The molecule has 20 heavy (non-hydrogen) atoms. The lowest BCUT2D eigenvalue weighted by Crippen LogP contribution is -2.47. The van der Waals surface area contributed by atoms with Crippen LogP contribution < -0.4 is 5.32 Å². The fraction of sp³-hybridized carbons (Fsp3) is 0.643. The van der Waals surface area contributed by atoms with Gasteiger partial charge in [0.25, 0.3) is 0 Å². The average molecular weight is 297 g/mol. The van der Waals surface area contributed by atoms with Crippen LogP contribution in [0, 0.1) is 0 Å². The lowest BCUT2D eigenvalue weighted by Gasteiger charge is -2.37. The molecule has 0 spiro atoms. The number of nitrogens with zero attached hydrogens (tertiary/aromatic N) is 2. The molecule has 0 amide bonds. The van der Waals surface area contributed by atoms with Crippen LogP contribution in [-0.4, -0.2) is 36.3 Å². The Morgan fingerprint density at radius 2 is 1.95 bits per heavy atom. The number of piperidine rings is 1. The number of pyridine rings is 1. The summed E-state index contributed by atoms with van der Waals surface area (Å²) in [5.74, 6) is 0.700. The van der Waals surface area contributed by atoms with Gasteiger partial charge in [-0.2, -0.15) is 4.31 Å². The van der Waals surface area contributed by atoms with E-state index in [0.29, 0.717) is 5.82 Å². The van der Waals surface area contributed by atoms with E-state index in [1.807, 2.05) is 20.8 Å². The van der Waals surface area contributed by atoms with Crippen molar-refractivity contribution in [3.05, 3.63) is 18.3 Å². The summed E-state index contributed by atoms with van der Waals surface area (Å²) in [7, 11) is -3.45. The number of hydrogen-bond acceptors (Lipinski definition) is 4. The quantitative estimate of drug-likeness (QED) is 0.927. The summed E-state index contributed by atoms with van der Waals surface area (Å²) in [4.78, 5) is 4.44. The molecule has 0 radical (unpaired) electrons. The van der Waals surface area contributed by atoms with Crippen molar-refractivity contribution >= 4 is 15.8 Å². The Balaban J connectivity index is 2.29. The van der Waals surface area contributed by atoms with Gasteiger partial charge in [-0.25, -0.2) is 13.4 Å². The van der Waals surface area contributed by atoms with Gasteiger partial charge in [0.05, 0.1) is 0 Å². The minimum atomic E-state index is -3.45. The second-order valence-electron chi connectivity index (χ2n) is 5.37. The SMILES string of the molecule is CCNc1ccc(S(=O)(=O)N2C(C)CCCC2C)cn1. The third kappa shape index (κ3) is 2.96. The molecule has 112 valence electrons. The zero-order chi connectivity index (χ0) is 14.8. The summed E-state index contributed by atoms with van der Waals surface area (Å²) in [5, 5.41) is 3.06. The van der Waals surface area contributed by atoms with Crippen molar-refractivity contribution in [1.29, 1.82) is 0 Å². The van der Waals surface area contributed by atoms with E-state index in [1.165, 1.54) is 6.20 Å². The molecule has 0 aromatic carbocycles. The number of nitrogens with one attached hydrogen (secondary N) is 1. The van der Waals surface area contributed by atoms with Gasteiger partial charge in [0, 0.05) is 24.8 Å². The van der Waals surface area contributed by atoms with Gasteiger partial charge < -0.3 is 5.32 Å². The van der Waals surface area contributed by atoms with Crippen molar-refractivity contribution in [2.45, 2.75) is 57.0 Å². The second kappa shape index (κ2) is 6.10. The summed E-state index contributed by atoms with van der Waals surface area (Å²) in [6, 6.07) is 3.46. The predicted molar refractivity (Wildman–Crippen MR) is 80.2 cm³/mol. The monoisotopic (exact) mass is 297 g/mol. The lowest BCUT2D eigenvalue weighted by molar-refractivity contribution is 0.204. The molecule has 1 aromatic heterocycles. The summed E-state index contributed by atoms with van der Waals surface area (Å²) >= 11 is 0. The van der Waals surface area contributed by atoms with E-state index < -0.39 is 10.0 Å². The summed E-state index contributed by atoms with van der Waals surface area (Å²) in [6.45, 7) is 6.70. The minimum absolute atomic E-state index is 0.0530. The van der Waals surface area contributed by atoms with Gasteiger partial charge in [-0.15, -0.1) is 0 Å². The van der Waals surface area contributed by atoms with E-state index in [1.54, 1.807) is 16.4 Å². The Hall–Kier alpha value is -1.14. The van der Waals surface area contributed by atoms with E-state index >= 15 is 0 Å². The van der Waals surface area contributed by atoms with Crippen LogP contribution in [0.2, 0.25) is 0 Å². The van der Waals surface area contributed by atoms with Gasteiger partial charge >= 0.3 is 0 Å². The largest absolute Gasteiger partial charge is 0.370 e. The Bertz CT molecular complexity index is 532. The molecule has 0 aliphatic carbocycles. The fourth-order valence-electron chi connectivity index (χ4n) is 2.81. The van der Waals surface area contributed by atoms with Crippen molar-refractivity contribution < 1.29 is 8.42 Å². The Morgan fingerprint density at radius 3 is 2.45 bits per heavy atom. The first-order valence-electron chi connectivity index (χ1n) is 7.20. The van der Waals surface area contributed by atoms with Crippen LogP contribution in [0.25, 0.3) is 0 Å². The number of anilines is 1. The molecule has 1 aliphatic heterocycles. The maximum atomic E-state index is 12.7. The summed E-state index contributed by atoms with van der Waals surface area (Å²) < 4.78 is 27.1. The third-order valence-electron chi connectivity index (χ3n) is 3.78. The van der Waals surface area contributed by atoms with E-state index in [2.05, 4.69) is 10.3 Å². The number of aromatic nitrogens is 1. The standard InChI is InChI=1S/C14H23N3O2S/c1-4-15-14-9-8-13(10-16-14)20(18,19)17-11(2)6-5-7-12(17)3/h8-12H,4-7H2,1-3H3,(H,15,16). The van der Waals surface area contributed by atoms with Crippen LogP contribution in [0.3, 0.4) is 0 Å². The van der Waals surface area contributed by atoms with Crippen molar-refractivity contribution in [2.75, 3.05) is 11.9 Å². The second-order valence-corrected chi connectivity index (χ2v) is 7.22. The van der Waals surface area contributed by atoms with Gasteiger partial charge in [0.15, 0.2) is 0 Å². The molecule has 0 saturated carbocycles. The highest BCUT2D eigenvalue weighted by Crippen LogP contribution is 2.29. The smallest absolute Gasteiger partial charge is 0.245 e. The van der Waals surface area contributed by atoms with Gasteiger partial charge in [0.1, 0.15) is 10.7 Å². The highest BCUT2D eigenvalue weighted by Gasteiger charge is 2.35. The topological polar surface area (TPSA) is 62.3 Å². The molecule has 2 unspecified atom stereocenters. The van der Waals surface area contributed by atoms with E-state index in [-0.39, 0.29) is 17.0 Å². The summed E-state index contributed by atoms with van der Waals surface area (Å²) in [5.41, 5.74) is 0. The van der Waals surface area contributed by atoms with Crippen LogP contribution in [-0.2, 0) is 10.0 Å². The van der Waals surface area contributed by atoms with Gasteiger partial charge in [0.2, 0.25) is 10.0 Å². The van der Waals surface area contributed by atoms with E-state index in [9.17, 15) is 8.42 Å². The van der Waals surface area contributed by atoms with Crippen molar-refractivity contribution in [3.8, 4) is 0 Å². The van der Waals surface area contributed by atoms with Gasteiger partial charge in [-0.3, -0.25) is 0 Å². The highest BCUT2D eigenvalue weighted by molar-refractivity contribution is 7.89. The molecular formula is C14H23N3O2S. The first kappa shape index (κ1) is 15.3. The number of rotatable bonds is 4. The zero-order valence-electron chi connectivity index (χ0n) is 12.3. The molecular weight excluding hydrogens is 274 g/mol. The maximum absolute atomic E-state index is 12.7. The number of hydrogen-bond donors (Lipinski definition) is 1. The minimum Gasteiger partial charge on any atom is -0.370 e. The van der Waals surface area contributed by atoms with Crippen LogP contribution in [0.4, 0.5) is 5.82 Å². The van der Waals surface area contributed by atoms with Crippen LogP contribution in [0.5, 0.6) is 0 Å². The molecule has 2 heterocycles. The lowest BCUT2D eigenvalue weighted by atomic mass is 10.0. The molecule has 1 aliphatic rings. The van der Waals surface area contributed by atoms with Crippen LogP contribution >= 0.6 is 0 Å². The molecule has 2 atom stereocenters. The molecule has 1 saturated heterocycles. The van der Waals surface area contributed by atoms with E-state index in [0.717, 1.165) is 25.8 Å². The fourth-order valence-corrected chi connectivity index (χ4v) is 4.64. The molecule has 1 fully saturated rings. The average Bonchev–Trinajstić information content (AvgIpc) is 2.39. The van der Waals surface area contributed by atoms with E-state index in [4.69, 9.17) is 0 Å². The summed E-state index contributed by atoms with van der Waals surface area (Å²) in [6.07, 6.45) is 4.38. The molecule has 2 rings (SSSR count). The molecule has 1 aromatic rings. The Kier molecular flexibility index (Phi) is 4.65. The molecule has 6 heteroatoms. The molecule has 5 nitrogen and oxygen atoms in total. The van der Waals surface area contributed by atoms with Crippen LogP contribution in [0.15, 0.2) is 23.2 Å². The first-order valence-corrected chi connectivity index (χ1v) is 8.64. The predicted octanol–water partition coefficient (Wildman–Crippen LogP) is 2.47. The first-order chi connectivity index (χ1) is 9.46.